The maximum Gasteiger partial charge on any atom is 0.0166 e. The number of rotatable bonds is 4. The van der Waals surface area contributed by atoms with E-state index >= 15 is 0 Å². The zero-order chi connectivity index (χ0) is 11.3. The van der Waals surface area contributed by atoms with Crippen molar-refractivity contribution in [1.29, 1.82) is 0 Å². The van der Waals surface area contributed by atoms with Crippen LogP contribution in [0.3, 0.4) is 0 Å². The largest absolute Gasteiger partial charge is 0.313 e. The highest BCUT2D eigenvalue weighted by molar-refractivity contribution is 4.78. The molecule has 0 aliphatic carbocycles. The highest BCUT2D eigenvalue weighted by atomic mass is 15.2. The molecule has 0 saturated carbocycles. The van der Waals surface area contributed by atoms with E-state index in [2.05, 4.69) is 37.9 Å². The first kappa shape index (κ1) is 13.0. The van der Waals surface area contributed by atoms with Crippen molar-refractivity contribution in [1.82, 2.24) is 10.2 Å². The molecule has 1 fully saturated rings. The summed E-state index contributed by atoms with van der Waals surface area (Å²) < 4.78 is 0. The Morgan fingerprint density at radius 2 is 2.07 bits per heavy atom. The summed E-state index contributed by atoms with van der Waals surface area (Å²) in [5.41, 5.74) is 0. The minimum atomic E-state index is 0.661. The van der Waals surface area contributed by atoms with Crippen LogP contribution >= 0.6 is 0 Å². The van der Waals surface area contributed by atoms with Crippen molar-refractivity contribution in [3.8, 4) is 0 Å². The van der Waals surface area contributed by atoms with Crippen LogP contribution in [0.25, 0.3) is 0 Å². The Morgan fingerprint density at radius 1 is 1.33 bits per heavy atom. The molecule has 2 heteroatoms. The van der Waals surface area contributed by atoms with Crippen molar-refractivity contribution in [2.75, 3.05) is 19.6 Å². The minimum absolute atomic E-state index is 0.661. The smallest absolute Gasteiger partial charge is 0.0166 e. The fourth-order valence-electron chi connectivity index (χ4n) is 2.33. The molecule has 0 radical (unpaired) electrons. The molecule has 1 rings (SSSR count). The Labute approximate surface area is 95.4 Å². The number of hydrogen-bond acceptors (Lipinski definition) is 2. The molecule has 1 N–H and O–H groups in total. The molecule has 1 aliphatic rings. The van der Waals surface area contributed by atoms with Gasteiger partial charge in [0.1, 0.15) is 0 Å². The topological polar surface area (TPSA) is 15.3 Å². The lowest BCUT2D eigenvalue weighted by Crippen LogP contribution is -2.39. The summed E-state index contributed by atoms with van der Waals surface area (Å²) >= 11 is 0. The van der Waals surface area contributed by atoms with Gasteiger partial charge >= 0.3 is 0 Å². The van der Waals surface area contributed by atoms with E-state index in [9.17, 15) is 0 Å². The second kappa shape index (κ2) is 6.49. The van der Waals surface area contributed by atoms with E-state index in [1.54, 1.807) is 0 Å². The van der Waals surface area contributed by atoms with Crippen LogP contribution < -0.4 is 5.32 Å². The Morgan fingerprint density at radius 3 is 2.73 bits per heavy atom. The van der Waals surface area contributed by atoms with Crippen LogP contribution in [-0.2, 0) is 0 Å². The van der Waals surface area contributed by atoms with Crippen LogP contribution in [0.5, 0.6) is 0 Å². The van der Waals surface area contributed by atoms with Gasteiger partial charge in [0.25, 0.3) is 0 Å². The van der Waals surface area contributed by atoms with Gasteiger partial charge in [-0.2, -0.15) is 0 Å². The molecule has 0 aromatic rings. The first-order valence-electron chi connectivity index (χ1n) is 6.57. The molecule has 2 nitrogen and oxygen atoms in total. The summed E-state index contributed by atoms with van der Waals surface area (Å²) in [4.78, 5) is 2.66. The summed E-state index contributed by atoms with van der Waals surface area (Å²) in [6.07, 6.45) is 4.02. The Hall–Kier alpha value is -0.0800. The second-order valence-corrected chi connectivity index (χ2v) is 5.52. The molecule has 0 aromatic carbocycles. The lowest BCUT2D eigenvalue weighted by molar-refractivity contribution is 0.201. The predicted octanol–water partition coefficient (Wildman–Crippen LogP) is 2.49. The molecular formula is C13H28N2. The molecule has 2 atom stereocenters. The van der Waals surface area contributed by atoms with E-state index in [1.165, 1.54) is 38.9 Å². The maximum absolute atomic E-state index is 3.56. The molecule has 1 saturated heterocycles. The first-order valence-corrected chi connectivity index (χ1v) is 6.57. The van der Waals surface area contributed by atoms with E-state index in [4.69, 9.17) is 0 Å². The molecule has 1 heterocycles. The van der Waals surface area contributed by atoms with Crippen molar-refractivity contribution in [3.63, 3.8) is 0 Å². The zero-order valence-electron chi connectivity index (χ0n) is 10.9. The van der Waals surface area contributed by atoms with Crippen LogP contribution in [0.15, 0.2) is 0 Å². The summed E-state index contributed by atoms with van der Waals surface area (Å²) in [6, 6.07) is 1.42. The lowest BCUT2D eigenvalue weighted by Gasteiger charge is -2.28. The van der Waals surface area contributed by atoms with Gasteiger partial charge in [0.2, 0.25) is 0 Å². The monoisotopic (exact) mass is 212 g/mol. The molecule has 15 heavy (non-hydrogen) atoms. The van der Waals surface area contributed by atoms with E-state index in [-0.39, 0.29) is 0 Å². The van der Waals surface area contributed by atoms with Gasteiger partial charge in [-0.1, -0.05) is 13.8 Å². The third kappa shape index (κ3) is 4.98. The predicted molar refractivity (Wildman–Crippen MR) is 67.2 cm³/mol. The molecule has 0 bridgehead atoms. The molecule has 1 aliphatic heterocycles. The summed E-state index contributed by atoms with van der Waals surface area (Å²) in [6.45, 7) is 13.0. The van der Waals surface area contributed by atoms with Gasteiger partial charge in [0.15, 0.2) is 0 Å². The highest BCUT2D eigenvalue weighted by Crippen LogP contribution is 2.12. The average Bonchev–Trinajstić information content (AvgIpc) is 2.29. The number of nitrogens with one attached hydrogen (secondary N) is 1. The molecule has 0 amide bonds. The quantitative estimate of drug-likeness (QED) is 0.770. The number of nitrogens with zero attached hydrogens (tertiary/aromatic N) is 1. The van der Waals surface area contributed by atoms with Gasteiger partial charge in [0.05, 0.1) is 0 Å². The van der Waals surface area contributed by atoms with Crippen LogP contribution in [0.1, 0.15) is 47.0 Å². The first-order chi connectivity index (χ1) is 7.09. The van der Waals surface area contributed by atoms with E-state index in [0.717, 1.165) is 12.0 Å². The van der Waals surface area contributed by atoms with Crippen molar-refractivity contribution in [2.45, 2.75) is 59.0 Å². The third-order valence-electron chi connectivity index (χ3n) is 3.41. The van der Waals surface area contributed by atoms with E-state index in [1.807, 2.05) is 0 Å². The minimum Gasteiger partial charge on any atom is -0.313 e. The Kier molecular flexibility index (Phi) is 5.62. The van der Waals surface area contributed by atoms with Gasteiger partial charge in [-0.3, -0.25) is 4.90 Å². The SMILES string of the molecule is CC(C)CCCN1CC(C)NCCC1C. The normalized spacial score (nSPS) is 29.4. The summed E-state index contributed by atoms with van der Waals surface area (Å²) in [5.74, 6) is 0.850. The van der Waals surface area contributed by atoms with Crippen LogP contribution in [0.2, 0.25) is 0 Å². The Balaban J connectivity index is 2.29. The fourth-order valence-corrected chi connectivity index (χ4v) is 2.33. The van der Waals surface area contributed by atoms with Crippen LogP contribution in [0.4, 0.5) is 0 Å². The molecule has 2 unspecified atom stereocenters. The Bertz CT molecular complexity index is 168. The van der Waals surface area contributed by atoms with Crippen molar-refractivity contribution in [3.05, 3.63) is 0 Å². The zero-order valence-corrected chi connectivity index (χ0v) is 10.9. The van der Waals surface area contributed by atoms with Gasteiger partial charge < -0.3 is 5.32 Å². The van der Waals surface area contributed by atoms with Crippen molar-refractivity contribution < 1.29 is 0 Å². The maximum atomic E-state index is 3.56. The molecule has 0 spiro atoms. The summed E-state index contributed by atoms with van der Waals surface area (Å²) in [5, 5.41) is 3.56. The molecule has 0 aromatic heterocycles. The number of hydrogen-bond donors (Lipinski definition) is 1. The fraction of sp³-hybridized carbons (Fsp3) is 1.00. The van der Waals surface area contributed by atoms with Crippen molar-refractivity contribution in [2.24, 2.45) is 5.92 Å². The van der Waals surface area contributed by atoms with Gasteiger partial charge in [-0.25, -0.2) is 0 Å². The van der Waals surface area contributed by atoms with Crippen LogP contribution in [0, 0.1) is 5.92 Å². The second-order valence-electron chi connectivity index (χ2n) is 5.52. The van der Waals surface area contributed by atoms with Gasteiger partial charge in [-0.05, 0) is 52.1 Å². The highest BCUT2D eigenvalue weighted by Gasteiger charge is 2.19. The van der Waals surface area contributed by atoms with Crippen molar-refractivity contribution >= 4 is 0 Å². The molecular weight excluding hydrogens is 184 g/mol. The summed E-state index contributed by atoms with van der Waals surface area (Å²) in [7, 11) is 0. The van der Waals surface area contributed by atoms with Gasteiger partial charge in [0, 0.05) is 18.6 Å². The average molecular weight is 212 g/mol. The standard InChI is InChI=1S/C13H28N2/c1-11(2)6-5-9-15-10-12(3)14-8-7-13(15)4/h11-14H,5-10H2,1-4H3. The van der Waals surface area contributed by atoms with E-state index < -0.39 is 0 Å². The van der Waals surface area contributed by atoms with Crippen LogP contribution in [-0.4, -0.2) is 36.6 Å². The molecule has 90 valence electrons. The third-order valence-corrected chi connectivity index (χ3v) is 3.41. The van der Waals surface area contributed by atoms with Gasteiger partial charge in [-0.15, -0.1) is 0 Å². The van der Waals surface area contributed by atoms with E-state index in [0.29, 0.717) is 6.04 Å². The lowest BCUT2D eigenvalue weighted by atomic mass is 10.1.